The van der Waals surface area contributed by atoms with Crippen molar-refractivity contribution in [3.05, 3.63) is 51.2 Å². The molecule has 1 aromatic heterocycles. The molecule has 1 aliphatic heterocycles. The Bertz CT molecular complexity index is 631. The maximum atomic E-state index is 5.87. The first-order valence-corrected chi connectivity index (χ1v) is 7.64. The van der Waals surface area contributed by atoms with E-state index in [1.807, 2.05) is 11.3 Å². The Morgan fingerprint density at radius 1 is 1.37 bits per heavy atom. The normalized spacial score (nSPS) is 14.3. The lowest BCUT2D eigenvalue weighted by molar-refractivity contribution is 0.743. The molecule has 2 heterocycles. The minimum atomic E-state index is 0.481. The van der Waals surface area contributed by atoms with E-state index >= 15 is 0 Å². The molecule has 0 fully saturated rings. The second-order valence-corrected chi connectivity index (χ2v) is 6.37. The average Bonchev–Trinajstić information content (AvgIpc) is 2.85. The van der Waals surface area contributed by atoms with E-state index in [1.165, 1.54) is 16.0 Å². The molecule has 0 saturated carbocycles. The third kappa shape index (κ3) is 2.38. The Balaban J connectivity index is 1.98. The van der Waals surface area contributed by atoms with E-state index in [2.05, 4.69) is 41.5 Å². The van der Waals surface area contributed by atoms with E-state index in [0.29, 0.717) is 4.99 Å². The first kappa shape index (κ1) is 12.6. The fraction of sp³-hybridized carbons (Fsp3) is 0.267. The van der Waals surface area contributed by atoms with E-state index in [0.717, 1.165) is 30.8 Å². The molecule has 1 aromatic carbocycles. The number of fused-ring (bicyclic) bond motifs is 1. The summed E-state index contributed by atoms with van der Waals surface area (Å²) in [4.78, 5) is 4.37. The van der Waals surface area contributed by atoms with Crippen LogP contribution in [0.15, 0.2) is 29.6 Å². The number of nitrogens with two attached hydrogens (primary N) is 1. The average molecular weight is 288 g/mol. The highest BCUT2D eigenvalue weighted by atomic mass is 32.1. The van der Waals surface area contributed by atoms with Gasteiger partial charge in [-0.25, -0.2) is 0 Å². The van der Waals surface area contributed by atoms with Gasteiger partial charge >= 0.3 is 0 Å². The van der Waals surface area contributed by atoms with Gasteiger partial charge in [-0.3, -0.25) is 0 Å². The lowest BCUT2D eigenvalue weighted by Crippen LogP contribution is -2.31. The number of thiocarbonyl (C=S) groups is 1. The van der Waals surface area contributed by atoms with Crippen LogP contribution in [0.25, 0.3) is 0 Å². The molecule has 0 unspecified atom stereocenters. The first-order valence-electron chi connectivity index (χ1n) is 6.36. The lowest BCUT2D eigenvalue weighted by Gasteiger charge is -2.30. The van der Waals surface area contributed by atoms with E-state index in [9.17, 15) is 0 Å². The van der Waals surface area contributed by atoms with Crippen molar-refractivity contribution in [1.29, 1.82) is 0 Å². The minimum Gasteiger partial charge on any atom is -0.389 e. The molecular weight excluding hydrogens is 272 g/mol. The van der Waals surface area contributed by atoms with Crippen molar-refractivity contribution >= 4 is 34.2 Å². The summed E-state index contributed by atoms with van der Waals surface area (Å²) in [5, 5.41) is 2.18. The molecule has 0 bridgehead atoms. The molecule has 0 radical (unpaired) electrons. The first-order chi connectivity index (χ1) is 9.15. The molecule has 1 aliphatic rings. The number of hydrogen-bond acceptors (Lipinski definition) is 3. The summed E-state index contributed by atoms with van der Waals surface area (Å²) in [7, 11) is 0. The number of nitrogens with zero attached hydrogens (tertiary/aromatic N) is 1. The van der Waals surface area contributed by atoms with Crippen LogP contribution in [-0.2, 0) is 13.0 Å². The van der Waals surface area contributed by atoms with Crippen molar-refractivity contribution < 1.29 is 0 Å². The standard InChI is InChI=1S/C15H16N2S2/c1-10-2-3-13(12(8-10)15(16)18)17-6-4-14-11(9-17)5-7-19-14/h2-3,5,7-8H,4,6,9H2,1H3,(H2,16,18). The van der Waals surface area contributed by atoms with Crippen LogP contribution in [0.1, 0.15) is 21.6 Å². The van der Waals surface area contributed by atoms with Gasteiger partial charge in [-0.05, 0) is 42.5 Å². The quantitative estimate of drug-likeness (QED) is 0.860. The van der Waals surface area contributed by atoms with E-state index in [4.69, 9.17) is 18.0 Å². The summed E-state index contributed by atoms with van der Waals surface area (Å²) >= 11 is 7.05. The molecule has 4 heteroatoms. The number of rotatable bonds is 2. The van der Waals surface area contributed by atoms with Crippen molar-refractivity contribution in [1.82, 2.24) is 0 Å². The van der Waals surface area contributed by atoms with Gasteiger partial charge < -0.3 is 10.6 Å². The Hall–Kier alpha value is -1.39. The highest BCUT2D eigenvalue weighted by molar-refractivity contribution is 7.80. The Kier molecular flexibility index (Phi) is 3.29. The van der Waals surface area contributed by atoms with E-state index in [-0.39, 0.29) is 0 Å². The summed E-state index contributed by atoms with van der Waals surface area (Å²) in [6.45, 7) is 4.06. The van der Waals surface area contributed by atoms with Crippen LogP contribution in [0, 0.1) is 6.92 Å². The number of benzene rings is 1. The molecule has 2 aromatic rings. The van der Waals surface area contributed by atoms with Crippen LogP contribution >= 0.6 is 23.6 Å². The molecule has 3 rings (SSSR count). The Labute approximate surface area is 122 Å². The van der Waals surface area contributed by atoms with Gasteiger partial charge in [0.25, 0.3) is 0 Å². The van der Waals surface area contributed by atoms with Crippen LogP contribution in [-0.4, -0.2) is 11.5 Å². The van der Waals surface area contributed by atoms with Gasteiger partial charge in [0.05, 0.1) is 0 Å². The van der Waals surface area contributed by atoms with Crippen molar-refractivity contribution in [2.45, 2.75) is 19.9 Å². The minimum absolute atomic E-state index is 0.481. The number of thiophene rings is 1. The molecule has 19 heavy (non-hydrogen) atoms. The summed E-state index contributed by atoms with van der Waals surface area (Å²) in [5.74, 6) is 0. The topological polar surface area (TPSA) is 29.3 Å². The molecule has 0 atom stereocenters. The van der Waals surface area contributed by atoms with Gasteiger partial charge in [0, 0.05) is 29.2 Å². The van der Waals surface area contributed by atoms with Crippen LogP contribution in [0.4, 0.5) is 5.69 Å². The monoisotopic (exact) mass is 288 g/mol. The SMILES string of the molecule is Cc1ccc(N2CCc3sccc3C2)c(C(N)=S)c1. The largest absolute Gasteiger partial charge is 0.389 e. The van der Waals surface area contributed by atoms with Crippen LogP contribution in [0.2, 0.25) is 0 Å². The molecule has 98 valence electrons. The van der Waals surface area contributed by atoms with Gasteiger partial charge in [0.2, 0.25) is 0 Å². The van der Waals surface area contributed by atoms with Gasteiger partial charge in [0.15, 0.2) is 0 Å². The van der Waals surface area contributed by atoms with Gasteiger partial charge in [-0.2, -0.15) is 0 Å². The predicted octanol–water partition coefficient (Wildman–Crippen LogP) is 3.25. The van der Waals surface area contributed by atoms with Crippen molar-refractivity contribution in [3.8, 4) is 0 Å². The summed E-state index contributed by atoms with van der Waals surface area (Å²) in [5.41, 5.74) is 10.7. The van der Waals surface area contributed by atoms with Crippen molar-refractivity contribution in [2.75, 3.05) is 11.4 Å². The van der Waals surface area contributed by atoms with Crippen LogP contribution < -0.4 is 10.6 Å². The fourth-order valence-corrected chi connectivity index (χ4v) is 3.63. The summed E-state index contributed by atoms with van der Waals surface area (Å²) in [6, 6.07) is 8.57. The highest BCUT2D eigenvalue weighted by Gasteiger charge is 2.20. The second kappa shape index (κ2) is 4.94. The van der Waals surface area contributed by atoms with E-state index in [1.54, 1.807) is 0 Å². The highest BCUT2D eigenvalue weighted by Crippen LogP contribution is 2.30. The molecule has 0 amide bonds. The van der Waals surface area contributed by atoms with Gasteiger partial charge in [0.1, 0.15) is 4.99 Å². The molecule has 0 spiro atoms. The Morgan fingerprint density at radius 3 is 3.00 bits per heavy atom. The molecule has 2 N–H and O–H groups in total. The number of hydrogen-bond donors (Lipinski definition) is 1. The van der Waals surface area contributed by atoms with Crippen LogP contribution in [0.5, 0.6) is 0 Å². The van der Waals surface area contributed by atoms with Crippen LogP contribution in [0.3, 0.4) is 0 Å². The predicted molar refractivity (Wildman–Crippen MR) is 86.1 cm³/mol. The Morgan fingerprint density at radius 2 is 2.21 bits per heavy atom. The van der Waals surface area contributed by atoms with Gasteiger partial charge in [-0.1, -0.05) is 23.8 Å². The number of aryl methyl sites for hydroxylation is 1. The third-order valence-corrected chi connectivity index (χ3v) is 4.81. The zero-order valence-electron chi connectivity index (χ0n) is 10.8. The zero-order chi connectivity index (χ0) is 13.4. The maximum absolute atomic E-state index is 5.87. The van der Waals surface area contributed by atoms with Gasteiger partial charge in [-0.15, -0.1) is 11.3 Å². The molecule has 2 nitrogen and oxygen atoms in total. The third-order valence-electron chi connectivity index (χ3n) is 3.57. The van der Waals surface area contributed by atoms with E-state index < -0.39 is 0 Å². The summed E-state index contributed by atoms with van der Waals surface area (Å²) in [6.07, 6.45) is 1.11. The lowest BCUT2D eigenvalue weighted by atomic mass is 10.0. The zero-order valence-corrected chi connectivity index (χ0v) is 12.5. The number of anilines is 1. The second-order valence-electron chi connectivity index (χ2n) is 4.93. The molecular formula is C15H16N2S2. The smallest absolute Gasteiger partial charge is 0.106 e. The maximum Gasteiger partial charge on any atom is 0.106 e. The summed E-state index contributed by atoms with van der Waals surface area (Å²) < 4.78 is 0. The van der Waals surface area contributed by atoms with Crippen molar-refractivity contribution in [2.24, 2.45) is 5.73 Å². The van der Waals surface area contributed by atoms with Crippen molar-refractivity contribution in [3.63, 3.8) is 0 Å². The fourth-order valence-electron chi connectivity index (χ4n) is 2.58. The molecule has 0 aliphatic carbocycles. The molecule has 0 saturated heterocycles.